The standard InChI is InChI=1S/C12H23N5O2/c1-3-17-9-4-5-12(6-10-17,11(18)19-2)14-7-8-15-16-13/h14H,3-10H2,1-2H3. The molecule has 19 heavy (non-hydrogen) atoms. The zero-order valence-corrected chi connectivity index (χ0v) is 11.8. The molecule has 0 aromatic rings. The molecule has 1 heterocycles. The third-order valence-electron chi connectivity index (χ3n) is 3.69. The molecule has 1 fully saturated rings. The van der Waals surface area contributed by atoms with Crippen molar-refractivity contribution in [2.75, 3.05) is 39.8 Å². The summed E-state index contributed by atoms with van der Waals surface area (Å²) in [6.07, 6.45) is 2.44. The van der Waals surface area contributed by atoms with Crippen LogP contribution in [0.4, 0.5) is 0 Å². The van der Waals surface area contributed by atoms with E-state index in [9.17, 15) is 4.79 Å². The smallest absolute Gasteiger partial charge is 0.326 e. The average Bonchev–Trinajstić information content (AvgIpc) is 2.66. The monoisotopic (exact) mass is 269 g/mol. The predicted octanol–water partition coefficient (Wildman–Crippen LogP) is 1.30. The molecular formula is C12H23N5O2. The number of ether oxygens (including phenoxy) is 1. The summed E-state index contributed by atoms with van der Waals surface area (Å²) in [7, 11) is 1.42. The Morgan fingerprint density at radius 1 is 1.53 bits per heavy atom. The number of carbonyl (C=O) groups excluding carboxylic acids is 1. The predicted molar refractivity (Wildman–Crippen MR) is 72.7 cm³/mol. The van der Waals surface area contributed by atoms with E-state index in [0.717, 1.165) is 38.9 Å². The number of methoxy groups -OCH3 is 1. The Morgan fingerprint density at radius 2 is 2.32 bits per heavy atom. The summed E-state index contributed by atoms with van der Waals surface area (Å²) in [5.41, 5.74) is 7.63. The highest BCUT2D eigenvalue weighted by Crippen LogP contribution is 2.24. The van der Waals surface area contributed by atoms with Gasteiger partial charge in [-0.1, -0.05) is 12.0 Å². The minimum absolute atomic E-state index is 0.216. The topological polar surface area (TPSA) is 90.3 Å². The first-order valence-corrected chi connectivity index (χ1v) is 6.75. The van der Waals surface area contributed by atoms with Crippen molar-refractivity contribution in [2.24, 2.45) is 5.11 Å². The van der Waals surface area contributed by atoms with Crippen molar-refractivity contribution in [3.05, 3.63) is 10.4 Å². The van der Waals surface area contributed by atoms with Gasteiger partial charge in [0.2, 0.25) is 0 Å². The van der Waals surface area contributed by atoms with Gasteiger partial charge in [-0.25, -0.2) is 0 Å². The molecule has 1 rings (SSSR count). The quantitative estimate of drug-likeness (QED) is 0.259. The molecule has 1 aliphatic heterocycles. The van der Waals surface area contributed by atoms with Gasteiger partial charge in [-0.3, -0.25) is 4.79 Å². The van der Waals surface area contributed by atoms with Crippen LogP contribution >= 0.6 is 0 Å². The minimum atomic E-state index is -0.635. The van der Waals surface area contributed by atoms with Crippen molar-refractivity contribution in [1.82, 2.24) is 10.2 Å². The van der Waals surface area contributed by atoms with Crippen LogP contribution in [0.3, 0.4) is 0 Å². The second-order valence-electron chi connectivity index (χ2n) is 4.74. The van der Waals surface area contributed by atoms with Crippen LogP contribution in [0.25, 0.3) is 10.4 Å². The molecule has 1 aliphatic rings. The van der Waals surface area contributed by atoms with Crippen molar-refractivity contribution in [3.8, 4) is 0 Å². The molecule has 0 aromatic carbocycles. The number of nitrogens with zero attached hydrogens (tertiary/aromatic N) is 4. The zero-order valence-electron chi connectivity index (χ0n) is 11.8. The van der Waals surface area contributed by atoms with Crippen molar-refractivity contribution >= 4 is 5.97 Å². The van der Waals surface area contributed by atoms with Gasteiger partial charge < -0.3 is 15.0 Å². The Kier molecular flexibility index (Phi) is 6.62. The third kappa shape index (κ3) is 4.38. The number of hydrogen-bond acceptors (Lipinski definition) is 5. The van der Waals surface area contributed by atoms with Crippen LogP contribution in [0.15, 0.2) is 5.11 Å². The van der Waals surface area contributed by atoms with Crippen molar-refractivity contribution in [2.45, 2.75) is 31.7 Å². The van der Waals surface area contributed by atoms with Crippen LogP contribution in [-0.4, -0.2) is 56.2 Å². The normalized spacial score (nSPS) is 24.3. The number of likely N-dealkylation sites (tertiary alicyclic amines) is 1. The highest BCUT2D eigenvalue weighted by Gasteiger charge is 2.39. The number of rotatable bonds is 6. The molecule has 0 spiro atoms. The van der Waals surface area contributed by atoms with Gasteiger partial charge in [0.15, 0.2) is 0 Å². The summed E-state index contributed by atoms with van der Waals surface area (Å²) < 4.78 is 4.95. The van der Waals surface area contributed by atoms with Crippen LogP contribution in [0.5, 0.6) is 0 Å². The van der Waals surface area contributed by atoms with Crippen molar-refractivity contribution in [1.29, 1.82) is 0 Å². The molecule has 1 N–H and O–H groups in total. The first kappa shape index (κ1) is 15.8. The lowest BCUT2D eigenvalue weighted by Gasteiger charge is -2.31. The molecule has 1 atom stereocenters. The van der Waals surface area contributed by atoms with Gasteiger partial charge in [-0.15, -0.1) is 0 Å². The molecule has 0 saturated carbocycles. The van der Waals surface area contributed by atoms with E-state index in [1.54, 1.807) is 0 Å². The molecule has 0 amide bonds. The Morgan fingerprint density at radius 3 is 2.95 bits per heavy atom. The molecule has 1 unspecified atom stereocenters. The maximum Gasteiger partial charge on any atom is 0.326 e. The van der Waals surface area contributed by atoms with Gasteiger partial charge in [0.1, 0.15) is 5.54 Å². The Balaban J connectivity index is 2.69. The molecule has 7 heteroatoms. The molecule has 0 bridgehead atoms. The van der Waals surface area contributed by atoms with E-state index in [1.165, 1.54) is 7.11 Å². The summed E-state index contributed by atoms with van der Waals surface area (Å²) in [6.45, 7) is 5.83. The molecule has 1 saturated heterocycles. The van der Waals surface area contributed by atoms with E-state index < -0.39 is 5.54 Å². The zero-order chi connectivity index (χ0) is 14.1. The molecule has 108 valence electrons. The van der Waals surface area contributed by atoms with E-state index in [4.69, 9.17) is 10.3 Å². The molecule has 7 nitrogen and oxygen atoms in total. The fourth-order valence-corrected chi connectivity index (χ4v) is 2.54. The maximum atomic E-state index is 12.1. The number of esters is 1. The number of hydrogen-bond donors (Lipinski definition) is 1. The third-order valence-corrected chi connectivity index (χ3v) is 3.69. The second-order valence-corrected chi connectivity index (χ2v) is 4.74. The minimum Gasteiger partial charge on any atom is -0.468 e. The van der Waals surface area contributed by atoms with Gasteiger partial charge >= 0.3 is 5.97 Å². The number of carbonyl (C=O) groups is 1. The Bertz CT molecular complexity index is 343. The van der Waals surface area contributed by atoms with Gasteiger partial charge in [0.05, 0.1) is 7.11 Å². The lowest BCUT2D eigenvalue weighted by atomic mass is 9.90. The van der Waals surface area contributed by atoms with Gasteiger partial charge in [-0.2, -0.15) is 0 Å². The summed E-state index contributed by atoms with van der Waals surface area (Å²) in [5, 5.41) is 6.72. The van der Waals surface area contributed by atoms with Crippen LogP contribution in [-0.2, 0) is 9.53 Å². The van der Waals surface area contributed by atoms with Crippen molar-refractivity contribution < 1.29 is 9.53 Å². The fraction of sp³-hybridized carbons (Fsp3) is 0.917. The van der Waals surface area contributed by atoms with Gasteiger partial charge in [0, 0.05) is 24.5 Å². The highest BCUT2D eigenvalue weighted by molar-refractivity contribution is 5.80. The van der Waals surface area contributed by atoms with Crippen LogP contribution in [0.1, 0.15) is 26.2 Å². The Labute approximate surface area is 113 Å². The van der Waals surface area contributed by atoms with Crippen LogP contribution in [0.2, 0.25) is 0 Å². The van der Waals surface area contributed by atoms with E-state index in [2.05, 4.69) is 27.2 Å². The lowest BCUT2D eigenvalue weighted by Crippen LogP contribution is -2.54. The lowest BCUT2D eigenvalue weighted by molar-refractivity contribution is -0.149. The van der Waals surface area contributed by atoms with E-state index in [0.29, 0.717) is 13.1 Å². The first-order valence-electron chi connectivity index (χ1n) is 6.75. The van der Waals surface area contributed by atoms with Crippen LogP contribution < -0.4 is 5.32 Å². The number of azide groups is 1. The molecule has 0 radical (unpaired) electrons. The summed E-state index contributed by atoms with van der Waals surface area (Å²) in [6, 6.07) is 0. The van der Waals surface area contributed by atoms with Gasteiger partial charge in [0.25, 0.3) is 0 Å². The maximum absolute atomic E-state index is 12.1. The van der Waals surface area contributed by atoms with E-state index in [-0.39, 0.29) is 5.97 Å². The van der Waals surface area contributed by atoms with E-state index >= 15 is 0 Å². The molecule has 0 aliphatic carbocycles. The molecular weight excluding hydrogens is 246 g/mol. The van der Waals surface area contributed by atoms with Crippen molar-refractivity contribution in [3.63, 3.8) is 0 Å². The average molecular weight is 269 g/mol. The number of nitrogens with one attached hydrogen (secondary N) is 1. The van der Waals surface area contributed by atoms with Crippen LogP contribution in [0, 0.1) is 0 Å². The summed E-state index contributed by atoms with van der Waals surface area (Å²) in [5.74, 6) is -0.216. The fourth-order valence-electron chi connectivity index (χ4n) is 2.54. The first-order chi connectivity index (χ1) is 9.18. The largest absolute Gasteiger partial charge is 0.468 e. The van der Waals surface area contributed by atoms with Gasteiger partial charge in [-0.05, 0) is 37.9 Å². The molecule has 0 aromatic heterocycles. The summed E-state index contributed by atoms with van der Waals surface area (Å²) in [4.78, 5) is 17.1. The summed E-state index contributed by atoms with van der Waals surface area (Å²) >= 11 is 0. The second kappa shape index (κ2) is 7.99. The highest BCUT2D eigenvalue weighted by atomic mass is 16.5. The SMILES string of the molecule is CCN1CCCC(NCCN=[N+]=[N-])(C(=O)OC)CC1. The van der Waals surface area contributed by atoms with E-state index in [1.807, 2.05) is 0 Å². The Hall–Kier alpha value is -1.30.